The van der Waals surface area contributed by atoms with Gasteiger partial charge < -0.3 is 20.4 Å². The molecule has 0 fully saturated rings. The molecule has 0 saturated heterocycles. The van der Waals surface area contributed by atoms with Gasteiger partial charge in [0.15, 0.2) is 11.5 Å². The van der Waals surface area contributed by atoms with E-state index in [0.717, 1.165) is 70.3 Å². The SMILES string of the molecule is OC1=C(O)C(O)C(O)c2c1c(C1C=CCCC1)c1ccccc1c2-c1cc2c(c3ccccc13)C=CCC2. The van der Waals surface area contributed by atoms with Crippen molar-refractivity contribution in [3.05, 3.63) is 106 Å². The first kappa shape index (κ1) is 23.3. The Hall–Kier alpha value is -3.86. The molecule has 4 N–H and O–H groups in total. The van der Waals surface area contributed by atoms with Gasteiger partial charge in [0.05, 0.1) is 0 Å². The van der Waals surface area contributed by atoms with E-state index >= 15 is 0 Å². The van der Waals surface area contributed by atoms with Crippen molar-refractivity contribution in [2.45, 2.75) is 50.2 Å². The predicted octanol–water partition coefficient (Wildman–Crippen LogP) is 7.64. The van der Waals surface area contributed by atoms with Crippen LogP contribution < -0.4 is 0 Å². The summed E-state index contributed by atoms with van der Waals surface area (Å²) in [7, 11) is 0. The number of allylic oxidation sites excluding steroid dienone is 3. The number of benzene rings is 4. The van der Waals surface area contributed by atoms with E-state index in [2.05, 4.69) is 54.6 Å². The average Bonchev–Trinajstić information content (AvgIpc) is 2.97. The Bertz CT molecular complexity index is 1710. The molecule has 0 aromatic heterocycles. The first-order chi connectivity index (χ1) is 18.6. The lowest BCUT2D eigenvalue weighted by atomic mass is 9.73. The Balaban J connectivity index is 1.68. The summed E-state index contributed by atoms with van der Waals surface area (Å²) < 4.78 is 0. The Morgan fingerprint density at radius 2 is 1.45 bits per heavy atom. The van der Waals surface area contributed by atoms with Crippen molar-refractivity contribution >= 4 is 33.4 Å². The second-order valence-electron chi connectivity index (χ2n) is 10.7. The molecule has 3 unspecified atom stereocenters. The highest BCUT2D eigenvalue weighted by molar-refractivity contribution is 6.11. The van der Waals surface area contributed by atoms with Crippen LogP contribution in [-0.2, 0) is 6.42 Å². The number of aliphatic hydroxyl groups is 4. The van der Waals surface area contributed by atoms with Gasteiger partial charge in [0.2, 0.25) is 0 Å². The maximum Gasteiger partial charge on any atom is 0.166 e. The molecule has 7 rings (SSSR count). The third-order valence-corrected chi connectivity index (χ3v) is 8.58. The summed E-state index contributed by atoms with van der Waals surface area (Å²) in [6.07, 6.45) is 10.6. The first-order valence-electron chi connectivity index (χ1n) is 13.5. The van der Waals surface area contributed by atoms with Crippen LogP contribution in [0.3, 0.4) is 0 Å². The first-order valence-corrected chi connectivity index (χ1v) is 13.5. The highest BCUT2D eigenvalue weighted by Crippen LogP contribution is 2.51. The molecule has 4 aromatic carbocycles. The van der Waals surface area contributed by atoms with E-state index in [1.54, 1.807) is 0 Å². The minimum absolute atomic E-state index is 0.0271. The summed E-state index contributed by atoms with van der Waals surface area (Å²) in [6.45, 7) is 0. The van der Waals surface area contributed by atoms with E-state index in [1.807, 2.05) is 24.3 Å². The molecule has 3 aliphatic carbocycles. The summed E-state index contributed by atoms with van der Waals surface area (Å²) in [5.74, 6) is -0.893. The minimum Gasteiger partial charge on any atom is -0.506 e. The lowest BCUT2D eigenvalue weighted by molar-refractivity contribution is 0.0127. The van der Waals surface area contributed by atoms with Crippen LogP contribution in [0.25, 0.3) is 44.5 Å². The van der Waals surface area contributed by atoms with Gasteiger partial charge in [-0.25, -0.2) is 0 Å². The third kappa shape index (κ3) is 3.30. The fraction of sp³-hybridized carbons (Fsp3) is 0.235. The topological polar surface area (TPSA) is 80.9 Å². The smallest absolute Gasteiger partial charge is 0.166 e. The number of hydrogen-bond acceptors (Lipinski definition) is 4. The molecular weight excluding hydrogens is 472 g/mol. The van der Waals surface area contributed by atoms with Gasteiger partial charge in [-0.1, -0.05) is 72.8 Å². The van der Waals surface area contributed by atoms with Crippen LogP contribution >= 0.6 is 0 Å². The highest BCUT2D eigenvalue weighted by atomic mass is 16.4. The molecular formula is C34H30O4. The van der Waals surface area contributed by atoms with Crippen molar-refractivity contribution in [3.8, 4) is 11.1 Å². The fourth-order valence-corrected chi connectivity index (χ4v) is 6.85. The maximum atomic E-state index is 11.6. The number of aliphatic hydroxyl groups excluding tert-OH is 4. The maximum absolute atomic E-state index is 11.6. The zero-order valence-corrected chi connectivity index (χ0v) is 21.1. The van der Waals surface area contributed by atoms with Crippen molar-refractivity contribution in [2.75, 3.05) is 0 Å². The van der Waals surface area contributed by atoms with E-state index in [9.17, 15) is 20.4 Å². The summed E-state index contributed by atoms with van der Waals surface area (Å²) >= 11 is 0. The zero-order valence-electron chi connectivity index (χ0n) is 21.1. The second kappa shape index (κ2) is 8.87. The molecule has 0 aliphatic heterocycles. The monoisotopic (exact) mass is 502 g/mol. The molecule has 0 amide bonds. The van der Waals surface area contributed by atoms with Crippen molar-refractivity contribution in [1.82, 2.24) is 0 Å². The van der Waals surface area contributed by atoms with Crippen molar-refractivity contribution in [2.24, 2.45) is 0 Å². The van der Waals surface area contributed by atoms with Gasteiger partial charge >= 0.3 is 0 Å². The van der Waals surface area contributed by atoms with Gasteiger partial charge in [-0.05, 0) is 87.5 Å². The summed E-state index contributed by atoms with van der Waals surface area (Å²) in [5.41, 5.74) is 6.07. The predicted molar refractivity (Wildman–Crippen MR) is 153 cm³/mol. The quantitative estimate of drug-likeness (QED) is 0.212. The Kier molecular flexibility index (Phi) is 5.43. The fourth-order valence-electron chi connectivity index (χ4n) is 6.85. The van der Waals surface area contributed by atoms with Crippen LogP contribution in [0, 0.1) is 0 Å². The molecule has 4 aromatic rings. The van der Waals surface area contributed by atoms with Crippen LogP contribution in [0.5, 0.6) is 0 Å². The Morgan fingerprint density at radius 1 is 0.711 bits per heavy atom. The van der Waals surface area contributed by atoms with E-state index in [-0.39, 0.29) is 11.7 Å². The van der Waals surface area contributed by atoms with E-state index < -0.39 is 18.0 Å². The molecule has 3 atom stereocenters. The van der Waals surface area contributed by atoms with Crippen LogP contribution in [0.4, 0.5) is 0 Å². The Morgan fingerprint density at radius 3 is 2.21 bits per heavy atom. The van der Waals surface area contributed by atoms with Gasteiger partial charge in [-0.15, -0.1) is 0 Å². The Labute approximate surface area is 221 Å². The summed E-state index contributed by atoms with van der Waals surface area (Å²) in [4.78, 5) is 0. The van der Waals surface area contributed by atoms with E-state index in [4.69, 9.17) is 0 Å². The normalized spacial score (nSPS) is 22.6. The lowest BCUT2D eigenvalue weighted by Gasteiger charge is -2.34. The molecule has 4 nitrogen and oxygen atoms in total. The zero-order chi connectivity index (χ0) is 26.0. The van der Waals surface area contributed by atoms with E-state index in [1.165, 1.54) is 11.1 Å². The van der Waals surface area contributed by atoms with Crippen LogP contribution in [0.2, 0.25) is 0 Å². The number of aryl methyl sites for hydroxylation is 1. The van der Waals surface area contributed by atoms with Crippen molar-refractivity contribution in [3.63, 3.8) is 0 Å². The minimum atomic E-state index is -1.61. The molecule has 0 spiro atoms. The summed E-state index contributed by atoms with van der Waals surface area (Å²) in [6, 6.07) is 18.7. The molecule has 190 valence electrons. The second-order valence-corrected chi connectivity index (χ2v) is 10.7. The number of rotatable bonds is 2. The van der Waals surface area contributed by atoms with Crippen molar-refractivity contribution < 1.29 is 20.4 Å². The molecule has 0 bridgehead atoms. The molecule has 4 heteroatoms. The van der Waals surface area contributed by atoms with Gasteiger partial charge in [0.25, 0.3) is 0 Å². The summed E-state index contributed by atoms with van der Waals surface area (Å²) in [5, 5.41) is 48.7. The van der Waals surface area contributed by atoms with Crippen LogP contribution in [-0.4, -0.2) is 26.5 Å². The lowest BCUT2D eigenvalue weighted by Crippen LogP contribution is -2.29. The number of fused-ring (bicyclic) bond motifs is 5. The highest BCUT2D eigenvalue weighted by Gasteiger charge is 2.40. The largest absolute Gasteiger partial charge is 0.506 e. The molecule has 3 aliphatic rings. The molecule has 38 heavy (non-hydrogen) atoms. The molecule has 0 radical (unpaired) electrons. The number of hydrogen-bond donors (Lipinski definition) is 4. The van der Waals surface area contributed by atoms with Crippen LogP contribution in [0.15, 0.2) is 78.6 Å². The van der Waals surface area contributed by atoms with Crippen molar-refractivity contribution in [1.29, 1.82) is 0 Å². The van der Waals surface area contributed by atoms with Gasteiger partial charge in [-0.3, -0.25) is 0 Å². The van der Waals surface area contributed by atoms with Gasteiger partial charge in [-0.2, -0.15) is 0 Å². The van der Waals surface area contributed by atoms with Gasteiger partial charge in [0, 0.05) is 17.0 Å². The molecule has 0 heterocycles. The van der Waals surface area contributed by atoms with E-state index in [0.29, 0.717) is 11.1 Å². The van der Waals surface area contributed by atoms with Gasteiger partial charge in [0.1, 0.15) is 12.2 Å². The van der Waals surface area contributed by atoms with Crippen LogP contribution in [0.1, 0.15) is 65.5 Å². The average molecular weight is 503 g/mol. The standard InChI is InChI=1S/C34H30O4/c35-31-29-27(19-10-2-1-3-11-19)24-16-8-9-17-25(24)28(30(29)32(36)34(38)33(31)37)26-18-20-12-4-5-13-21(20)22-14-6-7-15-23(22)26/h2,5-10,13-19,32,34-38H,1,3-4,11-12H2. The third-order valence-electron chi connectivity index (χ3n) is 8.58. The molecule has 0 saturated carbocycles.